The summed E-state index contributed by atoms with van der Waals surface area (Å²) in [6, 6.07) is 4.30. The first kappa shape index (κ1) is 18.0. The van der Waals surface area contributed by atoms with E-state index >= 15 is 0 Å². The minimum absolute atomic E-state index is 0.116. The number of hydrogen-bond acceptors (Lipinski definition) is 3. The van der Waals surface area contributed by atoms with Crippen molar-refractivity contribution in [2.45, 2.75) is 58.2 Å². The van der Waals surface area contributed by atoms with Crippen LogP contribution in [0.2, 0.25) is 0 Å². The summed E-state index contributed by atoms with van der Waals surface area (Å²) >= 11 is 0. The summed E-state index contributed by atoms with van der Waals surface area (Å²) in [7, 11) is 1.91. The predicted octanol–water partition coefficient (Wildman–Crippen LogP) is 2.11. The lowest BCUT2D eigenvalue weighted by atomic mass is 9.99. The van der Waals surface area contributed by atoms with Gasteiger partial charge in [-0.05, 0) is 38.8 Å². The van der Waals surface area contributed by atoms with Gasteiger partial charge in [0.25, 0.3) is 5.91 Å². The molecule has 1 aliphatic rings. The fraction of sp³-hybridized carbons (Fsp3) is 0.722. The van der Waals surface area contributed by atoms with Crippen LogP contribution in [0.15, 0.2) is 18.3 Å². The van der Waals surface area contributed by atoms with E-state index in [9.17, 15) is 9.90 Å². The van der Waals surface area contributed by atoms with Crippen LogP contribution in [0, 0.1) is 0 Å². The van der Waals surface area contributed by atoms with Gasteiger partial charge in [0, 0.05) is 45.0 Å². The Labute approximate surface area is 139 Å². The van der Waals surface area contributed by atoms with Crippen molar-refractivity contribution in [3.63, 3.8) is 0 Å². The zero-order chi connectivity index (χ0) is 17.2. The molecule has 0 aromatic carbocycles. The van der Waals surface area contributed by atoms with Crippen LogP contribution in [0.1, 0.15) is 51.0 Å². The Morgan fingerprint density at radius 1 is 1.26 bits per heavy atom. The van der Waals surface area contributed by atoms with Crippen molar-refractivity contribution in [3.8, 4) is 0 Å². The molecule has 0 bridgehead atoms. The summed E-state index contributed by atoms with van der Waals surface area (Å²) in [5, 5.41) is 10.2. The van der Waals surface area contributed by atoms with Crippen molar-refractivity contribution in [1.82, 2.24) is 14.4 Å². The summed E-state index contributed by atoms with van der Waals surface area (Å²) in [6.07, 6.45) is 3.81. The molecule has 1 N–H and O–H groups in total. The van der Waals surface area contributed by atoms with Crippen molar-refractivity contribution >= 4 is 5.91 Å². The first-order chi connectivity index (χ1) is 10.8. The number of carbonyl (C=O) groups is 1. The quantitative estimate of drug-likeness (QED) is 0.903. The van der Waals surface area contributed by atoms with E-state index in [1.165, 1.54) is 0 Å². The van der Waals surface area contributed by atoms with Crippen LogP contribution in [0.5, 0.6) is 0 Å². The maximum atomic E-state index is 12.9. The van der Waals surface area contributed by atoms with Crippen LogP contribution in [0.25, 0.3) is 0 Å². The van der Waals surface area contributed by atoms with Crippen LogP contribution < -0.4 is 0 Å². The normalized spacial score (nSPS) is 23.3. The monoisotopic (exact) mass is 321 g/mol. The number of piperazine rings is 1. The highest BCUT2D eigenvalue weighted by molar-refractivity contribution is 5.93. The molecule has 0 unspecified atom stereocenters. The van der Waals surface area contributed by atoms with Gasteiger partial charge in [-0.15, -0.1) is 0 Å². The van der Waals surface area contributed by atoms with Crippen LogP contribution in [0.3, 0.4) is 0 Å². The molecule has 23 heavy (non-hydrogen) atoms. The van der Waals surface area contributed by atoms with E-state index in [0.29, 0.717) is 12.6 Å². The highest BCUT2D eigenvalue weighted by atomic mass is 16.3. The Morgan fingerprint density at radius 3 is 2.39 bits per heavy atom. The molecule has 0 spiro atoms. The van der Waals surface area contributed by atoms with Gasteiger partial charge in [0.2, 0.25) is 0 Å². The first-order valence-electron chi connectivity index (χ1n) is 8.65. The van der Waals surface area contributed by atoms with Crippen molar-refractivity contribution in [2.24, 2.45) is 7.05 Å². The van der Waals surface area contributed by atoms with E-state index in [2.05, 4.69) is 18.7 Å². The average Bonchev–Trinajstić information content (AvgIpc) is 2.90. The molecule has 1 aromatic heterocycles. The lowest BCUT2D eigenvalue weighted by molar-refractivity contribution is -0.0239. The van der Waals surface area contributed by atoms with Crippen LogP contribution in [-0.2, 0) is 7.05 Å². The fourth-order valence-corrected chi connectivity index (χ4v) is 3.52. The van der Waals surface area contributed by atoms with E-state index < -0.39 is 5.60 Å². The SMILES string of the molecule is CC[C@H]1CN(C(=O)c2cccn2C)[C@H](CC)CN1CC(C)(C)O. The maximum absolute atomic E-state index is 12.9. The molecule has 5 heteroatoms. The Bertz CT molecular complexity index is 533. The second kappa shape index (κ2) is 7.05. The Kier molecular flexibility index (Phi) is 5.53. The zero-order valence-electron chi connectivity index (χ0n) is 15.1. The number of β-amino-alcohol motifs (C(OH)–C–C–N with tert-alkyl or cyclic N) is 1. The third-order valence-electron chi connectivity index (χ3n) is 4.77. The second-order valence-electron chi connectivity index (χ2n) is 7.33. The third-order valence-corrected chi connectivity index (χ3v) is 4.77. The third kappa shape index (κ3) is 4.15. The molecule has 5 nitrogen and oxygen atoms in total. The lowest BCUT2D eigenvalue weighted by Gasteiger charge is -2.47. The van der Waals surface area contributed by atoms with Gasteiger partial charge < -0.3 is 14.6 Å². The molecule has 0 radical (unpaired) electrons. The number of hydrogen-bond donors (Lipinski definition) is 1. The van der Waals surface area contributed by atoms with E-state index in [0.717, 1.165) is 31.6 Å². The molecule has 1 aliphatic heterocycles. The number of amides is 1. The molecule has 1 saturated heterocycles. The molecule has 2 heterocycles. The molecule has 1 amide bonds. The fourth-order valence-electron chi connectivity index (χ4n) is 3.52. The highest BCUT2D eigenvalue weighted by Gasteiger charge is 2.37. The van der Waals surface area contributed by atoms with Gasteiger partial charge in [-0.1, -0.05) is 13.8 Å². The summed E-state index contributed by atoms with van der Waals surface area (Å²) in [4.78, 5) is 17.3. The minimum atomic E-state index is -0.712. The number of rotatable bonds is 5. The van der Waals surface area contributed by atoms with Gasteiger partial charge in [0.05, 0.1) is 5.60 Å². The number of aliphatic hydroxyl groups is 1. The molecule has 2 atom stereocenters. The Morgan fingerprint density at radius 2 is 1.91 bits per heavy atom. The Balaban J connectivity index is 2.19. The standard InChI is InChI=1S/C18H31N3O2/c1-6-14-12-21(17(22)16-9-8-10-19(16)5)15(7-2)11-20(14)13-18(3,4)23/h8-10,14-15,23H,6-7,11-13H2,1-5H3/t14-,15+/m0/s1. The first-order valence-corrected chi connectivity index (χ1v) is 8.65. The summed E-state index contributed by atoms with van der Waals surface area (Å²) < 4.78 is 1.89. The highest BCUT2D eigenvalue weighted by Crippen LogP contribution is 2.23. The van der Waals surface area contributed by atoms with E-state index in [1.54, 1.807) is 0 Å². The van der Waals surface area contributed by atoms with Gasteiger partial charge >= 0.3 is 0 Å². The van der Waals surface area contributed by atoms with Crippen LogP contribution >= 0.6 is 0 Å². The lowest BCUT2D eigenvalue weighted by Crippen LogP contribution is -2.61. The van der Waals surface area contributed by atoms with Crippen LogP contribution in [0.4, 0.5) is 0 Å². The smallest absolute Gasteiger partial charge is 0.270 e. The van der Waals surface area contributed by atoms with Crippen molar-refractivity contribution in [3.05, 3.63) is 24.0 Å². The van der Waals surface area contributed by atoms with E-state index in [1.807, 2.05) is 48.7 Å². The molecule has 0 aliphatic carbocycles. The van der Waals surface area contributed by atoms with Gasteiger partial charge in [0.15, 0.2) is 0 Å². The zero-order valence-corrected chi connectivity index (χ0v) is 15.1. The molecule has 2 rings (SSSR count). The number of carbonyl (C=O) groups excluding carboxylic acids is 1. The maximum Gasteiger partial charge on any atom is 0.270 e. The molecule has 1 fully saturated rings. The summed E-state index contributed by atoms with van der Waals surface area (Å²) in [5.74, 6) is 0.116. The van der Waals surface area contributed by atoms with Gasteiger partial charge in [-0.3, -0.25) is 9.69 Å². The van der Waals surface area contributed by atoms with Crippen molar-refractivity contribution in [2.75, 3.05) is 19.6 Å². The van der Waals surface area contributed by atoms with Crippen molar-refractivity contribution < 1.29 is 9.90 Å². The van der Waals surface area contributed by atoms with Crippen LogP contribution in [-0.4, -0.2) is 62.7 Å². The largest absolute Gasteiger partial charge is 0.389 e. The number of aromatic nitrogens is 1. The molecule has 130 valence electrons. The van der Waals surface area contributed by atoms with Gasteiger partial charge in [-0.25, -0.2) is 0 Å². The van der Waals surface area contributed by atoms with E-state index in [-0.39, 0.29) is 11.9 Å². The molecule has 1 aromatic rings. The molecule has 0 saturated carbocycles. The number of nitrogens with zero attached hydrogens (tertiary/aromatic N) is 3. The number of aryl methyl sites for hydroxylation is 1. The Hall–Kier alpha value is -1.33. The molecular weight excluding hydrogens is 290 g/mol. The van der Waals surface area contributed by atoms with Crippen molar-refractivity contribution in [1.29, 1.82) is 0 Å². The minimum Gasteiger partial charge on any atom is -0.389 e. The van der Waals surface area contributed by atoms with Gasteiger partial charge in [-0.2, -0.15) is 0 Å². The summed E-state index contributed by atoms with van der Waals surface area (Å²) in [5.41, 5.74) is 0.0324. The van der Waals surface area contributed by atoms with Gasteiger partial charge in [0.1, 0.15) is 5.69 Å². The summed E-state index contributed by atoms with van der Waals surface area (Å²) in [6.45, 7) is 10.2. The predicted molar refractivity (Wildman–Crippen MR) is 92.5 cm³/mol. The second-order valence-corrected chi connectivity index (χ2v) is 7.33. The average molecular weight is 321 g/mol. The molecular formula is C18H31N3O2. The topological polar surface area (TPSA) is 48.7 Å². The van der Waals surface area contributed by atoms with E-state index in [4.69, 9.17) is 0 Å².